The van der Waals surface area contributed by atoms with Crippen LogP contribution in [0, 0.1) is 0 Å². The van der Waals surface area contributed by atoms with Crippen molar-refractivity contribution in [2.75, 3.05) is 31.2 Å². The lowest BCUT2D eigenvalue weighted by Gasteiger charge is -2.26. The fraction of sp³-hybridized carbons (Fsp3) is 0.667. The van der Waals surface area contributed by atoms with Gasteiger partial charge in [0.05, 0.1) is 13.2 Å². The second-order valence-corrected chi connectivity index (χ2v) is 6.86. The number of anilines is 1. The molecule has 0 amide bonds. The molecule has 0 spiro atoms. The third kappa shape index (κ3) is 5.14. The molecule has 0 radical (unpaired) electrons. The number of piperidine rings is 1. The fourth-order valence-electron chi connectivity index (χ4n) is 3.37. The summed E-state index contributed by atoms with van der Waals surface area (Å²) in [6.45, 7) is 7.11. The summed E-state index contributed by atoms with van der Waals surface area (Å²) < 4.78 is 16.2. The number of nitrogens with zero attached hydrogens (tertiary/aromatic N) is 1. The fourth-order valence-corrected chi connectivity index (χ4v) is 3.37. The van der Waals surface area contributed by atoms with Crippen LogP contribution in [-0.2, 0) is 9.47 Å². The first-order valence-electron chi connectivity index (χ1n) is 10.3. The van der Waals surface area contributed by atoms with Crippen molar-refractivity contribution in [1.29, 1.82) is 0 Å². The molecule has 0 saturated carbocycles. The molecule has 1 aliphatic rings. The molecule has 2 rings (SSSR count). The van der Waals surface area contributed by atoms with Crippen molar-refractivity contribution in [3.63, 3.8) is 0 Å². The SMILES string of the molecule is CCCCCC(=O)c1oc(N2CCCCC2)c(C(=O)OCC)c1C(=O)OCC. The zero-order chi connectivity index (χ0) is 20.5. The molecule has 0 aromatic carbocycles. The second-order valence-electron chi connectivity index (χ2n) is 6.86. The van der Waals surface area contributed by atoms with Crippen LogP contribution < -0.4 is 4.90 Å². The van der Waals surface area contributed by atoms with Gasteiger partial charge in [0.1, 0.15) is 11.1 Å². The largest absolute Gasteiger partial charge is 0.462 e. The van der Waals surface area contributed by atoms with E-state index in [9.17, 15) is 14.4 Å². The molecule has 156 valence electrons. The lowest BCUT2D eigenvalue weighted by Crippen LogP contribution is -2.30. The van der Waals surface area contributed by atoms with E-state index in [1.807, 2.05) is 4.90 Å². The van der Waals surface area contributed by atoms with Gasteiger partial charge in [0.25, 0.3) is 0 Å². The summed E-state index contributed by atoms with van der Waals surface area (Å²) in [6, 6.07) is 0. The first kappa shape index (κ1) is 22.0. The summed E-state index contributed by atoms with van der Waals surface area (Å²) in [6.07, 6.45) is 5.85. The summed E-state index contributed by atoms with van der Waals surface area (Å²) in [4.78, 5) is 40.1. The van der Waals surface area contributed by atoms with Crippen LogP contribution in [0.3, 0.4) is 0 Å². The predicted molar refractivity (Wildman–Crippen MR) is 105 cm³/mol. The Labute approximate surface area is 166 Å². The summed E-state index contributed by atoms with van der Waals surface area (Å²) >= 11 is 0. The maximum Gasteiger partial charge on any atom is 0.344 e. The number of rotatable bonds is 10. The van der Waals surface area contributed by atoms with Crippen molar-refractivity contribution >= 4 is 23.6 Å². The molecule has 2 heterocycles. The number of unbranched alkanes of at least 4 members (excludes halogenated alkanes) is 2. The summed E-state index contributed by atoms with van der Waals surface area (Å²) in [5.41, 5.74) is -0.0802. The number of carbonyl (C=O) groups excluding carboxylic acids is 3. The Bertz CT molecular complexity index is 687. The van der Waals surface area contributed by atoms with Gasteiger partial charge in [0, 0.05) is 19.5 Å². The minimum absolute atomic E-state index is 0.0149. The van der Waals surface area contributed by atoms with Crippen LogP contribution >= 0.6 is 0 Å². The van der Waals surface area contributed by atoms with E-state index in [-0.39, 0.29) is 48.2 Å². The number of furan rings is 1. The zero-order valence-corrected chi connectivity index (χ0v) is 17.2. The Balaban J connectivity index is 2.53. The summed E-state index contributed by atoms with van der Waals surface area (Å²) in [5, 5.41) is 0. The number of hydrogen-bond acceptors (Lipinski definition) is 7. The highest BCUT2D eigenvalue weighted by atomic mass is 16.5. The molecule has 0 bridgehead atoms. The van der Waals surface area contributed by atoms with Gasteiger partial charge in [0.15, 0.2) is 11.5 Å². The molecule has 1 aromatic heterocycles. The first-order chi connectivity index (χ1) is 13.5. The number of Topliss-reactive ketones (excluding diaryl/α,β-unsaturated/α-hetero) is 1. The van der Waals surface area contributed by atoms with Gasteiger partial charge in [-0.15, -0.1) is 0 Å². The molecule has 0 N–H and O–H groups in total. The predicted octanol–water partition coefficient (Wildman–Crippen LogP) is 4.39. The Morgan fingerprint density at radius 3 is 2.07 bits per heavy atom. The molecule has 1 aliphatic heterocycles. The molecular formula is C21H31NO6. The second kappa shape index (κ2) is 10.9. The van der Waals surface area contributed by atoms with Crippen LogP contribution in [0.1, 0.15) is 97.0 Å². The van der Waals surface area contributed by atoms with Gasteiger partial charge in [0.2, 0.25) is 5.88 Å². The number of hydrogen-bond donors (Lipinski definition) is 0. The van der Waals surface area contributed by atoms with Gasteiger partial charge in [-0.1, -0.05) is 19.8 Å². The highest BCUT2D eigenvalue weighted by Crippen LogP contribution is 2.34. The maximum atomic E-state index is 12.8. The molecule has 7 nitrogen and oxygen atoms in total. The Hall–Kier alpha value is -2.31. The Kier molecular flexibility index (Phi) is 8.54. The Morgan fingerprint density at radius 1 is 0.893 bits per heavy atom. The third-order valence-corrected chi connectivity index (χ3v) is 4.75. The van der Waals surface area contributed by atoms with E-state index in [1.54, 1.807) is 13.8 Å². The summed E-state index contributed by atoms with van der Waals surface area (Å²) in [7, 11) is 0. The number of carbonyl (C=O) groups is 3. The normalized spacial score (nSPS) is 14.0. The van der Waals surface area contributed by atoms with Crippen LogP contribution in [0.15, 0.2) is 4.42 Å². The van der Waals surface area contributed by atoms with E-state index in [0.29, 0.717) is 19.5 Å². The average molecular weight is 393 g/mol. The van der Waals surface area contributed by atoms with E-state index in [2.05, 4.69) is 6.92 Å². The number of ether oxygens (including phenoxy) is 2. The van der Waals surface area contributed by atoms with E-state index in [4.69, 9.17) is 13.9 Å². The lowest BCUT2D eigenvalue weighted by atomic mass is 10.0. The van der Waals surface area contributed by atoms with Crippen LogP contribution in [0.2, 0.25) is 0 Å². The zero-order valence-electron chi connectivity index (χ0n) is 17.2. The van der Waals surface area contributed by atoms with Gasteiger partial charge >= 0.3 is 11.9 Å². The molecule has 0 aliphatic carbocycles. The standard InChI is InChI=1S/C21H31NO6/c1-4-7-9-12-15(23)18-16(20(24)26-5-2)17(21(25)27-6-3)19(28-18)22-13-10-8-11-14-22/h4-14H2,1-3H3. The van der Waals surface area contributed by atoms with Crippen molar-refractivity contribution in [2.24, 2.45) is 0 Å². The highest BCUT2D eigenvalue weighted by molar-refractivity contribution is 6.13. The molecular weight excluding hydrogens is 362 g/mol. The van der Waals surface area contributed by atoms with Crippen LogP contribution in [0.4, 0.5) is 5.88 Å². The van der Waals surface area contributed by atoms with Crippen molar-refractivity contribution in [1.82, 2.24) is 0 Å². The lowest BCUT2D eigenvalue weighted by molar-refractivity contribution is 0.0479. The van der Waals surface area contributed by atoms with Crippen molar-refractivity contribution < 1.29 is 28.3 Å². The molecule has 1 fully saturated rings. The average Bonchev–Trinajstić information content (AvgIpc) is 3.10. The molecule has 0 atom stereocenters. The van der Waals surface area contributed by atoms with E-state index in [1.165, 1.54) is 0 Å². The molecule has 0 unspecified atom stereocenters. The molecule has 28 heavy (non-hydrogen) atoms. The number of esters is 2. The maximum absolute atomic E-state index is 12.8. The summed E-state index contributed by atoms with van der Waals surface area (Å²) in [5.74, 6) is -1.51. The number of ketones is 1. The van der Waals surface area contributed by atoms with Crippen molar-refractivity contribution in [3.05, 3.63) is 16.9 Å². The van der Waals surface area contributed by atoms with Gasteiger partial charge < -0.3 is 18.8 Å². The van der Waals surface area contributed by atoms with Gasteiger partial charge in [-0.3, -0.25) is 4.79 Å². The van der Waals surface area contributed by atoms with Crippen molar-refractivity contribution in [2.45, 2.75) is 65.7 Å². The van der Waals surface area contributed by atoms with Crippen LogP contribution in [0.25, 0.3) is 0 Å². The monoisotopic (exact) mass is 393 g/mol. The van der Waals surface area contributed by atoms with E-state index < -0.39 is 11.9 Å². The molecule has 1 aromatic rings. The molecule has 7 heteroatoms. The molecule has 1 saturated heterocycles. The minimum Gasteiger partial charge on any atom is -0.462 e. The highest BCUT2D eigenvalue weighted by Gasteiger charge is 2.37. The minimum atomic E-state index is -0.726. The van der Waals surface area contributed by atoms with E-state index in [0.717, 1.165) is 32.1 Å². The van der Waals surface area contributed by atoms with Gasteiger partial charge in [-0.25, -0.2) is 9.59 Å². The van der Waals surface area contributed by atoms with Gasteiger partial charge in [-0.2, -0.15) is 0 Å². The topological polar surface area (TPSA) is 86.0 Å². The van der Waals surface area contributed by atoms with E-state index >= 15 is 0 Å². The van der Waals surface area contributed by atoms with Crippen LogP contribution in [-0.4, -0.2) is 44.0 Å². The van der Waals surface area contributed by atoms with Crippen LogP contribution in [0.5, 0.6) is 0 Å². The quantitative estimate of drug-likeness (QED) is 0.331. The van der Waals surface area contributed by atoms with Gasteiger partial charge in [-0.05, 0) is 39.5 Å². The van der Waals surface area contributed by atoms with Crippen molar-refractivity contribution in [3.8, 4) is 0 Å². The smallest absolute Gasteiger partial charge is 0.344 e. The third-order valence-electron chi connectivity index (χ3n) is 4.75. The Morgan fingerprint density at radius 2 is 1.50 bits per heavy atom. The first-order valence-corrected chi connectivity index (χ1v) is 10.3.